The van der Waals surface area contributed by atoms with Gasteiger partial charge in [-0.2, -0.15) is 0 Å². The van der Waals surface area contributed by atoms with Crippen molar-refractivity contribution in [1.82, 2.24) is 10.3 Å². The van der Waals surface area contributed by atoms with Crippen molar-refractivity contribution in [3.05, 3.63) is 16.6 Å². The Balaban J connectivity index is 1.94. The van der Waals surface area contributed by atoms with Crippen molar-refractivity contribution in [3.8, 4) is 0 Å². The zero-order valence-electron chi connectivity index (χ0n) is 8.51. The Labute approximate surface area is 93.7 Å². The molecule has 1 aliphatic heterocycles. The SMILES string of the molecule is CC(NC1CCS(=O)(=O)C1)c1cscn1. The number of nitrogens with one attached hydrogen (secondary N) is 1. The average Bonchev–Trinajstić information content (AvgIpc) is 2.74. The van der Waals surface area contributed by atoms with Crippen LogP contribution in [0.1, 0.15) is 25.1 Å². The van der Waals surface area contributed by atoms with Gasteiger partial charge >= 0.3 is 0 Å². The molecule has 4 nitrogen and oxygen atoms in total. The number of rotatable bonds is 3. The quantitative estimate of drug-likeness (QED) is 0.863. The Hall–Kier alpha value is -0.460. The second-order valence-corrected chi connectivity index (χ2v) is 6.85. The highest BCUT2D eigenvalue weighted by Gasteiger charge is 2.28. The Morgan fingerprint density at radius 2 is 2.47 bits per heavy atom. The monoisotopic (exact) mass is 246 g/mol. The summed E-state index contributed by atoms with van der Waals surface area (Å²) in [6.07, 6.45) is 0.719. The van der Waals surface area contributed by atoms with Gasteiger partial charge in [0.15, 0.2) is 9.84 Å². The summed E-state index contributed by atoms with van der Waals surface area (Å²) in [5.74, 6) is 0.579. The van der Waals surface area contributed by atoms with E-state index in [0.717, 1.165) is 12.1 Å². The summed E-state index contributed by atoms with van der Waals surface area (Å²) in [4.78, 5) is 4.20. The fourth-order valence-corrected chi connectivity index (χ4v) is 4.14. The summed E-state index contributed by atoms with van der Waals surface area (Å²) in [5.41, 5.74) is 2.78. The van der Waals surface area contributed by atoms with Crippen LogP contribution in [0.25, 0.3) is 0 Å². The van der Waals surface area contributed by atoms with E-state index in [1.54, 1.807) is 16.8 Å². The highest BCUT2D eigenvalue weighted by Crippen LogP contribution is 2.17. The molecule has 1 fully saturated rings. The molecule has 84 valence electrons. The van der Waals surface area contributed by atoms with Gasteiger partial charge in [0.2, 0.25) is 0 Å². The van der Waals surface area contributed by atoms with Crippen LogP contribution in [0.3, 0.4) is 0 Å². The van der Waals surface area contributed by atoms with Crippen LogP contribution in [-0.2, 0) is 9.84 Å². The fourth-order valence-electron chi connectivity index (χ4n) is 1.80. The van der Waals surface area contributed by atoms with Gasteiger partial charge in [-0.25, -0.2) is 13.4 Å². The maximum atomic E-state index is 11.3. The zero-order valence-corrected chi connectivity index (χ0v) is 10.1. The lowest BCUT2D eigenvalue weighted by atomic mass is 10.2. The highest BCUT2D eigenvalue weighted by molar-refractivity contribution is 7.91. The van der Waals surface area contributed by atoms with Crippen molar-refractivity contribution < 1.29 is 8.42 Å². The van der Waals surface area contributed by atoms with Gasteiger partial charge in [0.05, 0.1) is 22.7 Å². The van der Waals surface area contributed by atoms with E-state index < -0.39 is 9.84 Å². The van der Waals surface area contributed by atoms with Crippen molar-refractivity contribution in [2.75, 3.05) is 11.5 Å². The summed E-state index contributed by atoms with van der Waals surface area (Å²) < 4.78 is 22.5. The molecular formula is C9H14N2O2S2. The lowest BCUT2D eigenvalue weighted by Crippen LogP contribution is -2.32. The zero-order chi connectivity index (χ0) is 10.9. The van der Waals surface area contributed by atoms with Crippen LogP contribution in [0, 0.1) is 0 Å². The minimum Gasteiger partial charge on any atom is -0.305 e. The Morgan fingerprint density at radius 1 is 1.67 bits per heavy atom. The van der Waals surface area contributed by atoms with Gasteiger partial charge in [0, 0.05) is 17.5 Å². The number of thiazole rings is 1. The molecule has 0 aromatic carbocycles. The minimum atomic E-state index is -2.79. The molecular weight excluding hydrogens is 232 g/mol. The molecule has 2 atom stereocenters. The van der Waals surface area contributed by atoms with E-state index in [-0.39, 0.29) is 17.8 Å². The van der Waals surface area contributed by atoms with Gasteiger partial charge in [-0.15, -0.1) is 11.3 Å². The molecule has 2 unspecified atom stereocenters. The molecule has 1 N–H and O–H groups in total. The first-order chi connectivity index (χ1) is 7.07. The summed E-state index contributed by atoms with van der Waals surface area (Å²) in [5, 5.41) is 5.29. The molecule has 6 heteroatoms. The normalized spacial score (nSPS) is 26.6. The summed E-state index contributed by atoms with van der Waals surface area (Å²) in [6.45, 7) is 2.01. The van der Waals surface area contributed by atoms with Crippen LogP contribution in [0.2, 0.25) is 0 Å². The number of aromatic nitrogens is 1. The van der Waals surface area contributed by atoms with E-state index in [9.17, 15) is 8.42 Å². The highest BCUT2D eigenvalue weighted by atomic mass is 32.2. The number of nitrogens with zero attached hydrogens (tertiary/aromatic N) is 1. The van der Waals surface area contributed by atoms with E-state index >= 15 is 0 Å². The van der Waals surface area contributed by atoms with Crippen LogP contribution in [0.5, 0.6) is 0 Å². The Bertz CT molecular complexity index is 413. The molecule has 2 heterocycles. The fraction of sp³-hybridized carbons (Fsp3) is 0.667. The molecule has 1 aromatic heterocycles. The molecule has 0 saturated carbocycles. The van der Waals surface area contributed by atoms with E-state index in [1.807, 2.05) is 12.3 Å². The van der Waals surface area contributed by atoms with E-state index in [2.05, 4.69) is 10.3 Å². The van der Waals surface area contributed by atoms with Crippen LogP contribution < -0.4 is 5.32 Å². The van der Waals surface area contributed by atoms with E-state index in [0.29, 0.717) is 5.75 Å². The van der Waals surface area contributed by atoms with Crippen molar-refractivity contribution >= 4 is 21.2 Å². The molecule has 0 aliphatic carbocycles. The summed E-state index contributed by atoms with van der Waals surface area (Å²) in [6, 6.07) is 0.223. The topological polar surface area (TPSA) is 59.1 Å². The number of sulfone groups is 1. The van der Waals surface area contributed by atoms with Crippen LogP contribution in [0.4, 0.5) is 0 Å². The molecule has 2 rings (SSSR count). The van der Waals surface area contributed by atoms with E-state index in [1.165, 1.54) is 0 Å². The summed E-state index contributed by atoms with van der Waals surface area (Å²) >= 11 is 1.56. The van der Waals surface area contributed by atoms with Gasteiger partial charge < -0.3 is 5.32 Å². The Morgan fingerprint density at radius 3 is 3.00 bits per heavy atom. The smallest absolute Gasteiger partial charge is 0.151 e. The van der Waals surface area contributed by atoms with Gasteiger partial charge in [-0.05, 0) is 13.3 Å². The molecule has 0 radical (unpaired) electrons. The molecule has 0 spiro atoms. The third-order valence-electron chi connectivity index (χ3n) is 2.61. The van der Waals surface area contributed by atoms with Crippen molar-refractivity contribution in [2.45, 2.75) is 25.4 Å². The first-order valence-electron chi connectivity index (χ1n) is 4.91. The largest absolute Gasteiger partial charge is 0.305 e. The molecule has 0 amide bonds. The molecule has 1 aromatic rings. The number of hydrogen-bond donors (Lipinski definition) is 1. The maximum Gasteiger partial charge on any atom is 0.151 e. The maximum absolute atomic E-state index is 11.3. The standard InChI is InChI=1S/C9H14N2O2S2/c1-7(9-4-14-6-10-9)11-8-2-3-15(12,13)5-8/h4,6-8,11H,2-3,5H2,1H3. The van der Waals surface area contributed by atoms with Crippen molar-refractivity contribution in [2.24, 2.45) is 0 Å². The number of hydrogen-bond acceptors (Lipinski definition) is 5. The first-order valence-corrected chi connectivity index (χ1v) is 7.68. The van der Waals surface area contributed by atoms with Gasteiger partial charge in [-0.3, -0.25) is 0 Å². The molecule has 1 saturated heterocycles. The second kappa shape index (κ2) is 4.19. The van der Waals surface area contributed by atoms with Crippen molar-refractivity contribution in [3.63, 3.8) is 0 Å². The van der Waals surface area contributed by atoms with Gasteiger partial charge in [0.25, 0.3) is 0 Å². The average molecular weight is 246 g/mol. The van der Waals surface area contributed by atoms with E-state index in [4.69, 9.17) is 0 Å². The summed E-state index contributed by atoms with van der Waals surface area (Å²) in [7, 11) is -2.79. The predicted molar refractivity (Wildman–Crippen MR) is 60.7 cm³/mol. The lowest BCUT2D eigenvalue weighted by molar-refractivity contribution is 0.479. The Kier molecular flexibility index (Phi) is 3.08. The molecule has 1 aliphatic rings. The van der Waals surface area contributed by atoms with Crippen LogP contribution >= 0.6 is 11.3 Å². The van der Waals surface area contributed by atoms with Crippen LogP contribution in [-0.4, -0.2) is 30.9 Å². The van der Waals surface area contributed by atoms with Crippen LogP contribution in [0.15, 0.2) is 10.9 Å². The lowest BCUT2D eigenvalue weighted by Gasteiger charge is -2.16. The first kappa shape index (κ1) is 11.0. The predicted octanol–water partition coefficient (Wildman–Crippen LogP) is 0.981. The third kappa shape index (κ3) is 2.76. The van der Waals surface area contributed by atoms with Crippen molar-refractivity contribution in [1.29, 1.82) is 0 Å². The van der Waals surface area contributed by atoms with Gasteiger partial charge in [-0.1, -0.05) is 0 Å². The third-order valence-corrected chi connectivity index (χ3v) is 4.99. The second-order valence-electron chi connectivity index (χ2n) is 3.90. The molecule has 15 heavy (non-hydrogen) atoms. The minimum absolute atomic E-state index is 0.0895. The molecule has 0 bridgehead atoms. The van der Waals surface area contributed by atoms with Gasteiger partial charge in [0.1, 0.15) is 0 Å².